The molecule has 0 saturated carbocycles. The lowest BCUT2D eigenvalue weighted by atomic mass is 10.1. The average molecular weight is 237 g/mol. The van der Waals surface area contributed by atoms with Crippen molar-refractivity contribution in [2.45, 2.75) is 12.5 Å². The highest BCUT2D eigenvalue weighted by Gasteiger charge is 2.19. The highest BCUT2D eigenvalue weighted by atomic mass is 17.0. The van der Waals surface area contributed by atoms with Crippen molar-refractivity contribution >= 4 is 12.0 Å². The Hall–Kier alpha value is -2.37. The normalized spacial score (nSPS) is 12.2. The molecule has 1 atom stereocenters. The van der Waals surface area contributed by atoms with Gasteiger partial charge in [-0.3, -0.25) is 4.84 Å². The molecule has 0 radical (unpaired) electrons. The van der Waals surface area contributed by atoms with E-state index in [4.69, 9.17) is 5.11 Å². The quantitative estimate of drug-likeness (QED) is 0.601. The summed E-state index contributed by atoms with van der Waals surface area (Å²) in [6, 6.07) is 9.19. The van der Waals surface area contributed by atoms with Crippen molar-refractivity contribution in [3.05, 3.63) is 52.1 Å². The zero-order chi connectivity index (χ0) is 12.7. The van der Waals surface area contributed by atoms with Crippen molar-refractivity contribution in [2.75, 3.05) is 0 Å². The third-order valence-corrected chi connectivity index (χ3v) is 1.95. The maximum atomic E-state index is 10.6. The maximum Gasteiger partial charge on any atom is 0.333 e. The Labute approximate surface area is 97.2 Å². The zero-order valence-corrected chi connectivity index (χ0v) is 8.85. The van der Waals surface area contributed by atoms with Crippen LogP contribution in [0.1, 0.15) is 12.0 Å². The second kappa shape index (κ2) is 6.26. The fraction of sp³-hybridized carbons (Fsp3) is 0.182. The molecule has 6 nitrogen and oxygen atoms in total. The summed E-state index contributed by atoms with van der Waals surface area (Å²) in [7, 11) is 0. The molecule has 0 saturated heterocycles. The van der Waals surface area contributed by atoms with Crippen LogP contribution in [0.15, 0.2) is 36.4 Å². The van der Waals surface area contributed by atoms with Crippen molar-refractivity contribution in [1.29, 1.82) is 0 Å². The number of aliphatic carboxylic acids is 1. The van der Waals surface area contributed by atoms with Gasteiger partial charge >= 0.3 is 5.97 Å². The van der Waals surface area contributed by atoms with Crippen LogP contribution in [-0.2, 0) is 9.63 Å². The topological polar surface area (TPSA) is 89.7 Å². The summed E-state index contributed by atoms with van der Waals surface area (Å²) in [6.45, 7) is 0. The molecule has 6 heteroatoms. The summed E-state index contributed by atoms with van der Waals surface area (Å²) in [5.41, 5.74) is 0.887. The number of benzene rings is 1. The van der Waals surface area contributed by atoms with Gasteiger partial charge in [-0.15, -0.1) is 10.1 Å². The molecular formula is C11H11NO5. The lowest BCUT2D eigenvalue weighted by Gasteiger charge is -2.06. The molecular weight excluding hydrogens is 226 g/mol. The Bertz CT molecular complexity index is 415. The van der Waals surface area contributed by atoms with Gasteiger partial charge in [-0.1, -0.05) is 42.5 Å². The standard InChI is InChI=1S/C11H11NO5/c13-11(14)10(17-12(15)16)8-4-7-9-5-2-1-3-6-9/h1-7,10H,8H2,(H,13,14). The first-order valence-corrected chi connectivity index (χ1v) is 4.85. The van der Waals surface area contributed by atoms with Crippen LogP contribution in [0.2, 0.25) is 0 Å². The molecule has 1 unspecified atom stereocenters. The lowest BCUT2D eigenvalue weighted by molar-refractivity contribution is -0.764. The predicted octanol–water partition coefficient (Wildman–Crippen LogP) is 1.75. The van der Waals surface area contributed by atoms with Crippen LogP contribution in [0.3, 0.4) is 0 Å². The summed E-state index contributed by atoms with van der Waals surface area (Å²) >= 11 is 0. The van der Waals surface area contributed by atoms with Crippen LogP contribution in [-0.4, -0.2) is 22.3 Å². The molecule has 0 amide bonds. The third kappa shape index (κ3) is 4.78. The monoisotopic (exact) mass is 237 g/mol. The fourth-order valence-corrected chi connectivity index (χ4v) is 1.18. The Morgan fingerprint density at radius 3 is 2.65 bits per heavy atom. The van der Waals surface area contributed by atoms with Gasteiger partial charge in [0.05, 0.1) is 0 Å². The zero-order valence-electron chi connectivity index (χ0n) is 8.85. The molecule has 0 aromatic heterocycles. The molecule has 0 bridgehead atoms. The summed E-state index contributed by atoms with van der Waals surface area (Å²) in [5.74, 6) is -1.36. The van der Waals surface area contributed by atoms with Gasteiger partial charge in [-0.2, -0.15) is 0 Å². The van der Waals surface area contributed by atoms with Crippen LogP contribution < -0.4 is 0 Å². The van der Waals surface area contributed by atoms with E-state index in [2.05, 4.69) is 4.84 Å². The van der Waals surface area contributed by atoms with Gasteiger partial charge in [-0.25, -0.2) is 4.79 Å². The van der Waals surface area contributed by atoms with Gasteiger partial charge in [0.2, 0.25) is 6.10 Å². The van der Waals surface area contributed by atoms with Gasteiger partial charge in [0, 0.05) is 6.42 Å². The van der Waals surface area contributed by atoms with Crippen molar-refractivity contribution in [1.82, 2.24) is 0 Å². The number of hydrogen-bond donors (Lipinski definition) is 1. The number of rotatable bonds is 6. The number of carboxylic acid groups (broad SMARTS) is 1. The largest absolute Gasteiger partial charge is 0.480 e. The summed E-state index contributed by atoms with van der Waals surface area (Å²) in [5, 5.41) is 17.6. The number of nitrogens with zero attached hydrogens (tertiary/aromatic N) is 1. The van der Waals surface area contributed by atoms with Gasteiger partial charge in [0.15, 0.2) is 0 Å². The minimum atomic E-state index is -1.47. The van der Waals surface area contributed by atoms with E-state index in [9.17, 15) is 14.9 Å². The summed E-state index contributed by atoms with van der Waals surface area (Å²) in [4.78, 5) is 24.7. The first kappa shape index (κ1) is 12.7. The maximum absolute atomic E-state index is 10.6. The van der Waals surface area contributed by atoms with Gasteiger partial charge in [0.1, 0.15) is 0 Å². The van der Waals surface area contributed by atoms with Gasteiger partial charge in [0.25, 0.3) is 5.09 Å². The molecule has 1 aromatic carbocycles. The van der Waals surface area contributed by atoms with Crippen LogP contribution in [0.4, 0.5) is 0 Å². The van der Waals surface area contributed by atoms with Crippen LogP contribution >= 0.6 is 0 Å². The van der Waals surface area contributed by atoms with Crippen LogP contribution in [0.25, 0.3) is 6.08 Å². The Morgan fingerprint density at radius 1 is 1.47 bits per heavy atom. The highest BCUT2D eigenvalue weighted by Crippen LogP contribution is 2.05. The first-order valence-electron chi connectivity index (χ1n) is 4.85. The third-order valence-electron chi connectivity index (χ3n) is 1.95. The van der Waals surface area contributed by atoms with Crippen molar-refractivity contribution in [2.24, 2.45) is 0 Å². The second-order valence-electron chi connectivity index (χ2n) is 3.20. The average Bonchev–Trinajstić information content (AvgIpc) is 2.28. The van der Waals surface area contributed by atoms with E-state index in [1.165, 1.54) is 6.08 Å². The number of carbonyl (C=O) groups is 1. The predicted molar refractivity (Wildman–Crippen MR) is 59.6 cm³/mol. The lowest BCUT2D eigenvalue weighted by Crippen LogP contribution is -2.25. The molecule has 1 rings (SSSR count). The molecule has 0 heterocycles. The molecule has 0 aliphatic carbocycles. The second-order valence-corrected chi connectivity index (χ2v) is 3.20. The van der Waals surface area contributed by atoms with E-state index >= 15 is 0 Å². The van der Waals surface area contributed by atoms with E-state index in [1.54, 1.807) is 6.08 Å². The molecule has 0 aliphatic rings. The summed E-state index contributed by atoms with van der Waals surface area (Å²) in [6.07, 6.45) is 1.67. The Morgan fingerprint density at radius 2 is 2.12 bits per heavy atom. The Kier molecular flexibility index (Phi) is 4.68. The van der Waals surface area contributed by atoms with Crippen molar-refractivity contribution < 1.29 is 19.8 Å². The molecule has 0 spiro atoms. The number of carboxylic acids is 1. The molecule has 0 fully saturated rings. The van der Waals surface area contributed by atoms with Crippen molar-refractivity contribution in [3.8, 4) is 0 Å². The Balaban J connectivity index is 2.55. The minimum absolute atomic E-state index is 0.0643. The van der Waals surface area contributed by atoms with E-state index in [1.807, 2.05) is 30.3 Å². The first-order chi connectivity index (χ1) is 8.09. The number of hydrogen-bond acceptors (Lipinski definition) is 4. The molecule has 90 valence electrons. The van der Waals surface area contributed by atoms with E-state index < -0.39 is 17.2 Å². The molecule has 17 heavy (non-hydrogen) atoms. The molecule has 1 N–H and O–H groups in total. The smallest absolute Gasteiger partial charge is 0.333 e. The van der Waals surface area contributed by atoms with E-state index in [0.717, 1.165) is 5.56 Å². The van der Waals surface area contributed by atoms with E-state index in [-0.39, 0.29) is 6.42 Å². The highest BCUT2D eigenvalue weighted by molar-refractivity contribution is 5.72. The molecule has 1 aromatic rings. The van der Waals surface area contributed by atoms with Crippen molar-refractivity contribution in [3.63, 3.8) is 0 Å². The van der Waals surface area contributed by atoms with Crippen LogP contribution in [0.5, 0.6) is 0 Å². The fourth-order valence-electron chi connectivity index (χ4n) is 1.18. The van der Waals surface area contributed by atoms with Gasteiger partial charge < -0.3 is 5.11 Å². The van der Waals surface area contributed by atoms with E-state index in [0.29, 0.717) is 0 Å². The van der Waals surface area contributed by atoms with Gasteiger partial charge in [-0.05, 0) is 5.56 Å². The molecule has 0 aliphatic heterocycles. The minimum Gasteiger partial charge on any atom is -0.480 e. The SMILES string of the molecule is O=C(O)C(CC=Cc1ccccc1)O[N+](=O)[O-]. The van der Waals surface area contributed by atoms with Crippen LogP contribution in [0, 0.1) is 10.1 Å². The summed E-state index contributed by atoms with van der Waals surface area (Å²) < 4.78 is 0.